The highest BCUT2D eigenvalue weighted by Gasteiger charge is 2.29. The Bertz CT molecular complexity index is 922. The van der Waals surface area contributed by atoms with E-state index in [1.165, 1.54) is 27.1 Å². The molecule has 3 heterocycles. The van der Waals surface area contributed by atoms with E-state index in [2.05, 4.69) is 14.7 Å². The van der Waals surface area contributed by atoms with Crippen molar-refractivity contribution in [3.8, 4) is 0 Å². The first-order valence-electron chi connectivity index (χ1n) is 6.14. The zero-order valence-electron chi connectivity index (χ0n) is 10.5. The van der Waals surface area contributed by atoms with E-state index in [-0.39, 0.29) is 10.2 Å². The quantitative estimate of drug-likeness (QED) is 0.775. The largest absolute Gasteiger partial charge is 0.282 e. The van der Waals surface area contributed by atoms with E-state index >= 15 is 0 Å². The third kappa shape index (κ3) is 2.33. The van der Waals surface area contributed by atoms with Crippen molar-refractivity contribution in [2.24, 2.45) is 0 Å². The molecule has 0 spiro atoms. The minimum atomic E-state index is -3.82. The maximum Gasteiger partial charge on any atom is 0.282 e. The summed E-state index contributed by atoms with van der Waals surface area (Å²) in [6, 6.07) is 0. The lowest BCUT2D eigenvalue weighted by Gasteiger charge is -2.04. The second-order valence-electron chi connectivity index (χ2n) is 4.72. The molecule has 0 bridgehead atoms. The van der Waals surface area contributed by atoms with Gasteiger partial charge in [0.2, 0.25) is 0 Å². The third-order valence-corrected chi connectivity index (χ3v) is 6.57. The molecule has 6 nitrogen and oxygen atoms in total. The zero-order chi connectivity index (χ0) is 14.6. The van der Waals surface area contributed by atoms with Crippen molar-refractivity contribution in [2.45, 2.75) is 23.8 Å². The SMILES string of the molecule is O=S(=O)(Nc1nc(C2CC2)cs1)c1c(Cl)nc2sccn12. The van der Waals surface area contributed by atoms with Gasteiger partial charge in [-0.3, -0.25) is 9.12 Å². The fourth-order valence-electron chi connectivity index (χ4n) is 2.04. The van der Waals surface area contributed by atoms with Crippen molar-refractivity contribution in [2.75, 3.05) is 4.72 Å². The molecule has 1 saturated carbocycles. The van der Waals surface area contributed by atoms with Crippen molar-refractivity contribution in [3.63, 3.8) is 0 Å². The van der Waals surface area contributed by atoms with E-state index < -0.39 is 10.0 Å². The van der Waals surface area contributed by atoms with Gasteiger partial charge in [-0.1, -0.05) is 11.6 Å². The Morgan fingerprint density at radius 2 is 2.14 bits per heavy atom. The molecule has 0 radical (unpaired) electrons. The van der Waals surface area contributed by atoms with Gasteiger partial charge in [0.25, 0.3) is 10.0 Å². The molecule has 10 heteroatoms. The normalized spacial score (nSPS) is 15.7. The smallest absolute Gasteiger partial charge is 0.278 e. The van der Waals surface area contributed by atoms with Gasteiger partial charge in [-0.05, 0) is 12.8 Å². The number of hydrogen-bond donors (Lipinski definition) is 1. The lowest BCUT2D eigenvalue weighted by molar-refractivity contribution is 0.596. The number of rotatable bonds is 4. The number of halogens is 1. The first-order valence-corrected chi connectivity index (χ1v) is 9.76. The summed E-state index contributed by atoms with van der Waals surface area (Å²) >= 11 is 8.57. The van der Waals surface area contributed by atoms with Crippen LogP contribution in [0.15, 0.2) is 22.0 Å². The van der Waals surface area contributed by atoms with Crippen LogP contribution >= 0.6 is 34.3 Å². The van der Waals surface area contributed by atoms with E-state index in [1.54, 1.807) is 11.6 Å². The maximum absolute atomic E-state index is 12.5. The lowest BCUT2D eigenvalue weighted by Crippen LogP contribution is -2.15. The average molecular weight is 361 g/mol. The summed E-state index contributed by atoms with van der Waals surface area (Å²) in [6.07, 6.45) is 3.88. The minimum absolute atomic E-state index is 0.0340. The summed E-state index contributed by atoms with van der Waals surface area (Å²) in [5, 5.41) is 3.93. The van der Waals surface area contributed by atoms with Crippen LogP contribution in [0.1, 0.15) is 24.5 Å². The van der Waals surface area contributed by atoms with Gasteiger partial charge in [-0.15, -0.1) is 22.7 Å². The summed E-state index contributed by atoms with van der Waals surface area (Å²) in [5.41, 5.74) is 0.956. The van der Waals surface area contributed by atoms with Crippen molar-refractivity contribution in [1.29, 1.82) is 0 Å². The van der Waals surface area contributed by atoms with Crippen LogP contribution in [0.5, 0.6) is 0 Å². The van der Waals surface area contributed by atoms with Gasteiger partial charge in [-0.2, -0.15) is 8.42 Å². The number of fused-ring (bicyclic) bond motifs is 1. The monoisotopic (exact) mass is 360 g/mol. The molecular weight excluding hydrogens is 352 g/mol. The predicted molar refractivity (Wildman–Crippen MR) is 83.0 cm³/mol. The number of nitrogens with one attached hydrogen (secondary N) is 1. The molecule has 3 aromatic rings. The van der Waals surface area contributed by atoms with E-state index in [4.69, 9.17) is 11.6 Å². The second kappa shape index (κ2) is 4.67. The van der Waals surface area contributed by atoms with Crippen LogP contribution in [0.2, 0.25) is 5.15 Å². The summed E-state index contributed by atoms with van der Waals surface area (Å²) in [4.78, 5) is 8.90. The molecule has 1 fully saturated rings. The van der Waals surface area contributed by atoms with Gasteiger partial charge in [0.05, 0.1) is 5.69 Å². The minimum Gasteiger partial charge on any atom is -0.278 e. The van der Waals surface area contributed by atoms with E-state index in [0.29, 0.717) is 16.0 Å². The average Bonchev–Trinajstić information content (AvgIpc) is 2.84. The molecule has 1 aliphatic carbocycles. The van der Waals surface area contributed by atoms with Gasteiger partial charge in [0.1, 0.15) is 0 Å². The third-order valence-electron chi connectivity index (χ3n) is 3.17. The van der Waals surface area contributed by atoms with Crippen molar-refractivity contribution in [1.82, 2.24) is 14.4 Å². The van der Waals surface area contributed by atoms with Crippen molar-refractivity contribution < 1.29 is 8.42 Å². The fourth-order valence-corrected chi connectivity index (χ4v) is 5.54. The van der Waals surface area contributed by atoms with Gasteiger partial charge in [-0.25, -0.2) is 9.97 Å². The number of anilines is 1. The Kier molecular flexibility index (Phi) is 3.00. The van der Waals surface area contributed by atoms with E-state index in [1.807, 2.05) is 5.38 Å². The summed E-state index contributed by atoms with van der Waals surface area (Å²) in [5.74, 6) is 0.488. The number of nitrogens with zero attached hydrogens (tertiary/aromatic N) is 3. The van der Waals surface area contributed by atoms with Crippen LogP contribution < -0.4 is 4.72 Å². The standard InChI is InChI=1S/C11H9ClN4O2S3/c12-8-9(16-3-4-19-11(16)14-8)21(17,18)15-10-13-7(5-20-10)6-1-2-6/h3-6H,1-2H2,(H,13,15). The Balaban J connectivity index is 1.71. The number of aromatic nitrogens is 3. The Hall–Kier alpha value is -1.16. The molecule has 1 N–H and O–H groups in total. The Morgan fingerprint density at radius 3 is 2.90 bits per heavy atom. The van der Waals surface area contributed by atoms with Crippen molar-refractivity contribution >= 4 is 54.4 Å². The van der Waals surface area contributed by atoms with Gasteiger partial charge in [0.15, 0.2) is 20.3 Å². The number of thiazole rings is 2. The molecule has 110 valence electrons. The predicted octanol–water partition coefficient (Wildman–Crippen LogP) is 3.18. The summed E-state index contributed by atoms with van der Waals surface area (Å²) in [6.45, 7) is 0. The molecule has 0 saturated heterocycles. The Labute approximate surface area is 133 Å². The van der Waals surface area contributed by atoms with Crippen LogP contribution in [-0.4, -0.2) is 22.8 Å². The molecule has 21 heavy (non-hydrogen) atoms. The molecule has 0 unspecified atom stereocenters. The molecular formula is C11H9ClN4O2S3. The molecule has 0 aliphatic heterocycles. The van der Waals surface area contributed by atoms with Crippen LogP contribution in [0.3, 0.4) is 0 Å². The summed E-state index contributed by atoms with van der Waals surface area (Å²) in [7, 11) is -3.82. The fraction of sp³-hybridized carbons (Fsp3) is 0.273. The molecule has 0 atom stereocenters. The van der Waals surface area contributed by atoms with Crippen LogP contribution in [0.4, 0.5) is 5.13 Å². The highest BCUT2D eigenvalue weighted by Crippen LogP contribution is 2.41. The maximum atomic E-state index is 12.5. The highest BCUT2D eigenvalue weighted by molar-refractivity contribution is 7.93. The number of imidazole rings is 1. The zero-order valence-corrected chi connectivity index (χ0v) is 13.7. The molecule has 0 aromatic carbocycles. The Morgan fingerprint density at radius 1 is 1.33 bits per heavy atom. The second-order valence-corrected chi connectivity index (χ2v) is 8.41. The van der Waals surface area contributed by atoms with E-state index in [9.17, 15) is 8.42 Å². The van der Waals surface area contributed by atoms with Gasteiger partial charge in [0, 0.05) is 22.9 Å². The van der Waals surface area contributed by atoms with Crippen molar-refractivity contribution in [3.05, 3.63) is 27.8 Å². The topological polar surface area (TPSA) is 76.4 Å². The van der Waals surface area contributed by atoms with Gasteiger partial charge >= 0.3 is 0 Å². The van der Waals surface area contributed by atoms with Gasteiger partial charge < -0.3 is 0 Å². The number of hydrogen-bond acceptors (Lipinski definition) is 6. The first-order chi connectivity index (χ1) is 10.0. The van der Waals surface area contributed by atoms with Crippen LogP contribution in [-0.2, 0) is 10.0 Å². The summed E-state index contributed by atoms with van der Waals surface area (Å²) < 4.78 is 29.0. The molecule has 3 aromatic heterocycles. The first kappa shape index (κ1) is 13.5. The molecule has 1 aliphatic rings. The van der Waals surface area contributed by atoms with Crippen LogP contribution in [0.25, 0.3) is 4.96 Å². The van der Waals surface area contributed by atoms with E-state index in [0.717, 1.165) is 18.5 Å². The highest BCUT2D eigenvalue weighted by atomic mass is 35.5. The molecule has 4 rings (SSSR count). The van der Waals surface area contributed by atoms with Crippen LogP contribution in [0, 0.1) is 0 Å². The number of sulfonamides is 1. The molecule has 0 amide bonds. The lowest BCUT2D eigenvalue weighted by atomic mass is 10.3.